The Kier molecular flexibility index (Phi) is 3.40. The highest BCUT2D eigenvalue weighted by Crippen LogP contribution is 2.33. The molecule has 0 saturated heterocycles. The van der Waals surface area contributed by atoms with E-state index >= 15 is 0 Å². The van der Waals surface area contributed by atoms with E-state index in [1.807, 2.05) is 0 Å². The fraction of sp³-hybridized carbons (Fsp3) is 0. The Morgan fingerprint density at radius 2 is 2.06 bits per heavy atom. The molecule has 0 bridgehead atoms. The normalized spacial score (nSPS) is 10.4. The number of nitro groups is 1. The molecule has 18 heavy (non-hydrogen) atoms. The van der Waals surface area contributed by atoms with Crippen molar-refractivity contribution < 1.29 is 9.31 Å². The monoisotopic (exact) mass is 287 g/mol. The van der Waals surface area contributed by atoms with E-state index in [4.69, 9.17) is 23.2 Å². The van der Waals surface area contributed by atoms with E-state index < -0.39 is 16.4 Å². The molecule has 5 nitrogen and oxygen atoms in total. The summed E-state index contributed by atoms with van der Waals surface area (Å²) in [6.45, 7) is 0. The second-order valence-electron chi connectivity index (χ2n) is 3.25. The molecule has 8 heteroatoms. The SMILES string of the molecule is O=[N+]([O-])c1cnc(Cl)nc1-c1cc(F)ccc1Cl. The van der Waals surface area contributed by atoms with Crippen molar-refractivity contribution in [1.82, 2.24) is 9.97 Å². The molecule has 0 spiro atoms. The fourth-order valence-corrected chi connectivity index (χ4v) is 1.71. The lowest BCUT2D eigenvalue weighted by molar-refractivity contribution is -0.384. The Balaban J connectivity index is 2.73. The Morgan fingerprint density at radius 1 is 1.33 bits per heavy atom. The van der Waals surface area contributed by atoms with E-state index in [2.05, 4.69) is 9.97 Å². The molecular formula is C10H4Cl2FN3O2. The maximum Gasteiger partial charge on any atom is 0.313 e. The largest absolute Gasteiger partial charge is 0.313 e. The Morgan fingerprint density at radius 3 is 2.72 bits per heavy atom. The van der Waals surface area contributed by atoms with Gasteiger partial charge in [-0.2, -0.15) is 0 Å². The van der Waals surface area contributed by atoms with Gasteiger partial charge >= 0.3 is 5.69 Å². The minimum Gasteiger partial charge on any atom is -0.258 e. The third-order valence-electron chi connectivity index (χ3n) is 2.12. The van der Waals surface area contributed by atoms with Crippen molar-refractivity contribution in [3.05, 3.63) is 50.6 Å². The highest BCUT2D eigenvalue weighted by atomic mass is 35.5. The minimum atomic E-state index is -0.688. The molecule has 92 valence electrons. The van der Waals surface area contributed by atoms with Crippen LogP contribution in [-0.4, -0.2) is 14.9 Å². The maximum atomic E-state index is 13.2. The second kappa shape index (κ2) is 4.83. The number of benzene rings is 1. The van der Waals surface area contributed by atoms with Crippen molar-refractivity contribution in [2.75, 3.05) is 0 Å². The summed E-state index contributed by atoms with van der Waals surface area (Å²) in [5, 5.41) is 10.8. The van der Waals surface area contributed by atoms with Gasteiger partial charge in [-0.05, 0) is 29.8 Å². The molecule has 2 aromatic rings. The molecule has 0 aliphatic heterocycles. The average Bonchev–Trinajstić information content (AvgIpc) is 2.31. The summed E-state index contributed by atoms with van der Waals surface area (Å²) in [5.41, 5.74) is -0.427. The lowest BCUT2D eigenvalue weighted by atomic mass is 10.1. The van der Waals surface area contributed by atoms with Crippen LogP contribution in [0.2, 0.25) is 10.3 Å². The first kappa shape index (κ1) is 12.7. The van der Waals surface area contributed by atoms with Crippen molar-refractivity contribution in [3.8, 4) is 11.3 Å². The predicted octanol–water partition coefficient (Wildman–Crippen LogP) is 3.50. The number of aromatic nitrogens is 2. The number of nitrogens with zero attached hydrogens (tertiary/aromatic N) is 3. The van der Waals surface area contributed by atoms with Crippen LogP contribution in [-0.2, 0) is 0 Å². The van der Waals surface area contributed by atoms with E-state index in [1.165, 1.54) is 6.07 Å². The van der Waals surface area contributed by atoms with Crippen LogP contribution in [0.15, 0.2) is 24.4 Å². The van der Waals surface area contributed by atoms with E-state index in [0.29, 0.717) is 0 Å². The molecule has 0 unspecified atom stereocenters. The number of halogens is 3. The zero-order chi connectivity index (χ0) is 13.3. The molecule has 1 aromatic heterocycles. The molecule has 0 fully saturated rings. The third kappa shape index (κ3) is 2.39. The second-order valence-corrected chi connectivity index (χ2v) is 4.00. The highest BCUT2D eigenvalue weighted by molar-refractivity contribution is 6.33. The van der Waals surface area contributed by atoms with Gasteiger partial charge in [0.15, 0.2) is 5.69 Å². The van der Waals surface area contributed by atoms with Crippen LogP contribution in [0.3, 0.4) is 0 Å². The van der Waals surface area contributed by atoms with Gasteiger partial charge in [-0.3, -0.25) is 10.1 Å². The molecule has 2 rings (SSSR count). The van der Waals surface area contributed by atoms with Crippen molar-refractivity contribution in [3.63, 3.8) is 0 Å². The van der Waals surface area contributed by atoms with Crippen LogP contribution >= 0.6 is 23.2 Å². The average molecular weight is 288 g/mol. The smallest absolute Gasteiger partial charge is 0.258 e. The van der Waals surface area contributed by atoms with Gasteiger partial charge < -0.3 is 0 Å². The van der Waals surface area contributed by atoms with Gasteiger partial charge in [0.1, 0.15) is 12.0 Å². The number of rotatable bonds is 2. The van der Waals surface area contributed by atoms with Crippen LogP contribution in [0.1, 0.15) is 0 Å². The van der Waals surface area contributed by atoms with E-state index in [-0.39, 0.29) is 21.6 Å². The van der Waals surface area contributed by atoms with Gasteiger partial charge in [0.25, 0.3) is 0 Å². The topological polar surface area (TPSA) is 68.9 Å². The molecule has 1 heterocycles. The lowest BCUT2D eigenvalue weighted by Gasteiger charge is -2.04. The minimum absolute atomic E-state index is 0.0904. The van der Waals surface area contributed by atoms with Gasteiger partial charge in [-0.15, -0.1) is 0 Å². The maximum absolute atomic E-state index is 13.2. The van der Waals surface area contributed by atoms with Gasteiger partial charge in [0.2, 0.25) is 5.28 Å². The molecule has 0 amide bonds. The molecule has 0 atom stereocenters. The molecule has 0 N–H and O–H groups in total. The van der Waals surface area contributed by atoms with Crippen molar-refractivity contribution >= 4 is 28.9 Å². The van der Waals surface area contributed by atoms with Gasteiger partial charge in [0.05, 0.1) is 9.95 Å². The van der Waals surface area contributed by atoms with E-state index in [1.54, 1.807) is 0 Å². The molecule has 0 saturated carbocycles. The third-order valence-corrected chi connectivity index (χ3v) is 2.63. The van der Waals surface area contributed by atoms with E-state index in [9.17, 15) is 14.5 Å². The summed E-state index contributed by atoms with van der Waals surface area (Å²) in [6.07, 6.45) is 0.950. The van der Waals surface area contributed by atoms with Gasteiger partial charge in [0, 0.05) is 5.56 Å². The molecule has 0 aliphatic rings. The number of hydrogen-bond acceptors (Lipinski definition) is 4. The van der Waals surface area contributed by atoms with Gasteiger partial charge in [-0.1, -0.05) is 11.6 Å². The highest BCUT2D eigenvalue weighted by Gasteiger charge is 2.21. The Hall–Kier alpha value is -1.79. The first-order valence-corrected chi connectivity index (χ1v) is 5.37. The molecule has 1 aromatic carbocycles. The zero-order valence-corrected chi connectivity index (χ0v) is 10.1. The summed E-state index contributed by atoms with van der Waals surface area (Å²) >= 11 is 11.4. The Labute approximate surface area is 110 Å². The first-order chi connectivity index (χ1) is 8.49. The van der Waals surface area contributed by atoms with Crippen LogP contribution < -0.4 is 0 Å². The zero-order valence-electron chi connectivity index (χ0n) is 8.60. The van der Waals surface area contributed by atoms with Crippen LogP contribution in [0.4, 0.5) is 10.1 Å². The summed E-state index contributed by atoms with van der Waals surface area (Å²) in [5.74, 6) is -0.585. The molecule has 0 aliphatic carbocycles. The number of hydrogen-bond donors (Lipinski definition) is 0. The van der Waals surface area contributed by atoms with Gasteiger partial charge in [-0.25, -0.2) is 14.4 Å². The van der Waals surface area contributed by atoms with Crippen LogP contribution in [0.25, 0.3) is 11.3 Å². The fourth-order valence-electron chi connectivity index (χ4n) is 1.36. The summed E-state index contributed by atoms with van der Waals surface area (Å²) < 4.78 is 13.2. The van der Waals surface area contributed by atoms with Crippen LogP contribution in [0, 0.1) is 15.9 Å². The standard InChI is InChI=1S/C10H4Cl2FN3O2/c11-7-2-1-5(13)3-6(7)9-8(16(17)18)4-14-10(12)15-9/h1-4H. The lowest BCUT2D eigenvalue weighted by Crippen LogP contribution is -1.97. The quantitative estimate of drug-likeness (QED) is 0.482. The first-order valence-electron chi connectivity index (χ1n) is 4.61. The van der Waals surface area contributed by atoms with Crippen molar-refractivity contribution in [2.45, 2.75) is 0 Å². The van der Waals surface area contributed by atoms with E-state index in [0.717, 1.165) is 18.3 Å². The Bertz CT molecular complexity index is 637. The van der Waals surface area contributed by atoms with Crippen molar-refractivity contribution in [2.24, 2.45) is 0 Å². The van der Waals surface area contributed by atoms with Crippen LogP contribution in [0.5, 0.6) is 0 Å². The van der Waals surface area contributed by atoms with Crippen molar-refractivity contribution in [1.29, 1.82) is 0 Å². The predicted molar refractivity (Wildman–Crippen MR) is 64.1 cm³/mol. The molecule has 0 radical (unpaired) electrons. The summed E-state index contributed by atoms with van der Waals surface area (Å²) in [4.78, 5) is 17.4. The summed E-state index contributed by atoms with van der Waals surface area (Å²) in [7, 11) is 0. The summed E-state index contributed by atoms with van der Waals surface area (Å²) in [6, 6.07) is 3.47. The molecular weight excluding hydrogens is 284 g/mol.